The van der Waals surface area contributed by atoms with Gasteiger partial charge in [-0.3, -0.25) is 9.35 Å². The molecule has 2 N–H and O–H groups in total. The molecular formula is C2H3F3KNO4S. The summed E-state index contributed by atoms with van der Waals surface area (Å²) in [6, 6.07) is 0. The van der Waals surface area contributed by atoms with Crippen LogP contribution in [0.3, 0.4) is 0 Å². The van der Waals surface area contributed by atoms with E-state index in [1.807, 2.05) is 0 Å². The quantitative estimate of drug-likeness (QED) is 0.441. The van der Waals surface area contributed by atoms with E-state index in [2.05, 4.69) is 0 Å². The monoisotopic (exact) mass is 233 g/mol. The number of amides is 1. The van der Waals surface area contributed by atoms with E-state index < -0.39 is 22.4 Å². The van der Waals surface area contributed by atoms with Crippen LogP contribution in [0, 0.1) is 0 Å². The van der Waals surface area contributed by atoms with Gasteiger partial charge in [0.1, 0.15) is 0 Å². The Morgan fingerprint density at radius 2 is 1.67 bits per heavy atom. The zero-order valence-corrected chi connectivity index (χ0v) is 5.53. The zero-order valence-electron chi connectivity index (χ0n) is 4.71. The van der Waals surface area contributed by atoms with E-state index in [0.717, 1.165) is 0 Å². The Bertz CT molecular complexity index is 258. The standard InChI is InChI=1S/C2H2F3NO4S.K.H/c3-2(4,5)1(7)6-11(8,9)10;;/h(H,6,7)(H,8,9,10);;. The van der Waals surface area contributed by atoms with Crippen LogP contribution in [0.15, 0.2) is 0 Å². The molecule has 0 saturated heterocycles. The molecule has 0 atom stereocenters. The van der Waals surface area contributed by atoms with Gasteiger partial charge in [0, 0.05) is 0 Å². The van der Waals surface area contributed by atoms with Gasteiger partial charge in [0.15, 0.2) is 0 Å². The maximum atomic E-state index is 11.2. The van der Waals surface area contributed by atoms with Crippen molar-refractivity contribution in [2.24, 2.45) is 0 Å². The van der Waals surface area contributed by atoms with Crippen LogP contribution in [-0.2, 0) is 15.1 Å². The van der Waals surface area contributed by atoms with Crippen molar-refractivity contribution in [3.63, 3.8) is 0 Å². The summed E-state index contributed by atoms with van der Waals surface area (Å²) in [4.78, 5) is 9.70. The first-order chi connectivity index (χ1) is 4.63. The molecular weight excluding hydrogens is 230 g/mol. The van der Waals surface area contributed by atoms with Crippen molar-refractivity contribution in [1.82, 2.24) is 4.72 Å². The average Bonchev–Trinajstić information content (AvgIpc) is 1.56. The van der Waals surface area contributed by atoms with Crippen LogP contribution >= 0.6 is 0 Å². The van der Waals surface area contributed by atoms with Crippen molar-refractivity contribution in [2.75, 3.05) is 0 Å². The summed E-state index contributed by atoms with van der Waals surface area (Å²) in [6.07, 6.45) is -5.32. The Morgan fingerprint density at radius 3 is 1.75 bits per heavy atom. The van der Waals surface area contributed by atoms with Crippen molar-refractivity contribution >= 4 is 67.6 Å². The van der Waals surface area contributed by atoms with Crippen LogP contribution in [0.5, 0.6) is 0 Å². The Balaban J connectivity index is 0. The molecule has 5 nitrogen and oxygen atoms in total. The number of rotatable bonds is 1. The summed E-state index contributed by atoms with van der Waals surface area (Å²) in [5.74, 6) is -2.74. The Kier molecular flexibility index (Phi) is 6.22. The van der Waals surface area contributed by atoms with E-state index in [1.165, 1.54) is 0 Å². The summed E-state index contributed by atoms with van der Waals surface area (Å²) in [5, 5.41) is 0. The zero-order chi connectivity index (χ0) is 9.28. The second-order valence-electron chi connectivity index (χ2n) is 1.40. The molecule has 0 saturated carbocycles. The van der Waals surface area contributed by atoms with Gasteiger partial charge >= 0.3 is 73.8 Å². The summed E-state index contributed by atoms with van der Waals surface area (Å²) in [7, 11) is -5.13. The van der Waals surface area contributed by atoms with Gasteiger partial charge < -0.3 is 0 Å². The Morgan fingerprint density at radius 1 is 1.33 bits per heavy atom. The predicted molar refractivity (Wildman–Crippen MR) is 32.9 cm³/mol. The molecule has 0 fully saturated rings. The second kappa shape index (κ2) is 4.88. The molecule has 0 bridgehead atoms. The molecule has 10 heteroatoms. The van der Waals surface area contributed by atoms with Crippen LogP contribution in [0.1, 0.15) is 0 Å². The number of nitrogens with one attached hydrogen (secondary N) is 1. The molecule has 1 amide bonds. The molecule has 12 heavy (non-hydrogen) atoms. The summed E-state index contributed by atoms with van der Waals surface area (Å²) in [5.41, 5.74) is 0. The molecule has 0 aromatic heterocycles. The third kappa shape index (κ3) is 7.46. The first kappa shape index (κ1) is 15.3. The molecule has 0 aliphatic rings. The molecule has 0 rings (SSSR count). The summed E-state index contributed by atoms with van der Waals surface area (Å²) < 4.78 is 60.8. The molecule has 0 aromatic carbocycles. The molecule has 0 heterocycles. The fourth-order valence-corrected chi connectivity index (χ4v) is 0.525. The van der Waals surface area contributed by atoms with Crippen molar-refractivity contribution < 1.29 is 30.9 Å². The molecule has 0 aliphatic heterocycles. The van der Waals surface area contributed by atoms with Crippen molar-refractivity contribution in [2.45, 2.75) is 6.18 Å². The van der Waals surface area contributed by atoms with Gasteiger partial charge in [0.2, 0.25) is 0 Å². The van der Waals surface area contributed by atoms with Crippen molar-refractivity contribution in [3.05, 3.63) is 0 Å². The van der Waals surface area contributed by atoms with E-state index in [0.29, 0.717) is 4.72 Å². The van der Waals surface area contributed by atoms with Gasteiger partial charge in [-0.25, -0.2) is 4.72 Å². The first-order valence-corrected chi connectivity index (χ1v) is 3.43. The van der Waals surface area contributed by atoms with Gasteiger partial charge in [0.05, 0.1) is 0 Å². The molecule has 0 aromatic rings. The Hall–Kier alpha value is 0.806. The van der Waals surface area contributed by atoms with Crippen LogP contribution in [-0.4, -0.2) is 76.4 Å². The third-order valence-corrected chi connectivity index (χ3v) is 0.922. The third-order valence-electron chi connectivity index (χ3n) is 0.479. The molecule has 0 spiro atoms. The van der Waals surface area contributed by atoms with Gasteiger partial charge in [-0.05, 0) is 0 Å². The molecule has 0 aliphatic carbocycles. The van der Waals surface area contributed by atoms with Crippen molar-refractivity contribution in [3.8, 4) is 0 Å². The maximum absolute atomic E-state index is 11.2. The fraction of sp³-hybridized carbons (Fsp3) is 0.500. The van der Waals surface area contributed by atoms with E-state index in [-0.39, 0.29) is 51.4 Å². The number of hydrogen-bond donors (Lipinski definition) is 2. The van der Waals surface area contributed by atoms with Crippen LogP contribution in [0.2, 0.25) is 0 Å². The minimum absolute atomic E-state index is 0. The van der Waals surface area contributed by atoms with Gasteiger partial charge in [-0.2, -0.15) is 21.6 Å². The number of halogens is 3. The second-order valence-corrected chi connectivity index (χ2v) is 2.56. The summed E-state index contributed by atoms with van der Waals surface area (Å²) in [6.45, 7) is 0. The molecule has 68 valence electrons. The average molecular weight is 233 g/mol. The van der Waals surface area contributed by atoms with Gasteiger partial charge in [-0.15, -0.1) is 0 Å². The first-order valence-electron chi connectivity index (χ1n) is 1.99. The topological polar surface area (TPSA) is 83.5 Å². The Labute approximate surface area is 108 Å². The number of hydrogen-bond acceptors (Lipinski definition) is 3. The minimum atomic E-state index is -5.32. The number of carbonyl (C=O) groups is 1. The van der Waals surface area contributed by atoms with Crippen LogP contribution in [0.4, 0.5) is 13.2 Å². The van der Waals surface area contributed by atoms with E-state index in [9.17, 15) is 26.4 Å². The normalized spacial score (nSPS) is 11.7. The fourth-order valence-electron chi connectivity index (χ4n) is 0.175. The van der Waals surface area contributed by atoms with E-state index in [4.69, 9.17) is 4.55 Å². The van der Waals surface area contributed by atoms with Gasteiger partial charge in [-0.1, -0.05) is 0 Å². The van der Waals surface area contributed by atoms with Crippen LogP contribution < -0.4 is 4.72 Å². The van der Waals surface area contributed by atoms with Crippen LogP contribution in [0.25, 0.3) is 0 Å². The number of carbonyl (C=O) groups excluding carboxylic acids is 1. The molecule has 0 radical (unpaired) electrons. The molecule has 0 unspecified atom stereocenters. The van der Waals surface area contributed by atoms with Crippen molar-refractivity contribution in [1.29, 1.82) is 0 Å². The van der Waals surface area contributed by atoms with E-state index >= 15 is 0 Å². The van der Waals surface area contributed by atoms with Gasteiger partial charge in [0.25, 0.3) is 0 Å². The predicted octanol–water partition coefficient (Wildman–Crippen LogP) is -1.18. The van der Waals surface area contributed by atoms with E-state index in [1.54, 1.807) is 0 Å². The summed E-state index contributed by atoms with van der Waals surface area (Å²) >= 11 is 0. The SMILES string of the molecule is O=C(NS(=O)(=O)O)C(F)(F)F.[KH]. The number of alkyl halides is 3.